The number of ether oxygens (including phenoxy) is 1. The lowest BCUT2D eigenvalue weighted by atomic mass is 10.1. The number of nitrogens with zero attached hydrogens (tertiary/aromatic N) is 1. The summed E-state index contributed by atoms with van der Waals surface area (Å²) < 4.78 is 28.6. The first-order valence-corrected chi connectivity index (χ1v) is 6.27. The van der Waals surface area contributed by atoms with E-state index in [0.29, 0.717) is 11.2 Å². The molecule has 1 aromatic carbocycles. The molecule has 4 nitrogen and oxygen atoms in total. The van der Waals surface area contributed by atoms with Crippen LogP contribution < -0.4 is 10.1 Å². The van der Waals surface area contributed by atoms with Gasteiger partial charge >= 0.3 is 6.61 Å². The number of carbonyl (C=O) groups excluding carboxylic acids is 1. The first kappa shape index (κ1) is 12.8. The van der Waals surface area contributed by atoms with Gasteiger partial charge in [0.05, 0.1) is 0 Å². The molecule has 0 unspecified atom stereocenters. The Morgan fingerprint density at radius 3 is 2.80 bits per heavy atom. The van der Waals surface area contributed by atoms with Crippen molar-refractivity contribution in [1.82, 2.24) is 4.98 Å². The van der Waals surface area contributed by atoms with Crippen LogP contribution in [0.15, 0.2) is 30.5 Å². The fourth-order valence-corrected chi connectivity index (χ4v) is 1.94. The average Bonchev–Trinajstić information content (AvgIpc) is 3.22. The minimum atomic E-state index is -2.85. The van der Waals surface area contributed by atoms with Crippen molar-refractivity contribution in [1.29, 1.82) is 0 Å². The number of rotatable bonds is 4. The van der Waals surface area contributed by atoms with Crippen LogP contribution in [0.25, 0.3) is 10.8 Å². The highest BCUT2D eigenvalue weighted by Gasteiger charge is 2.29. The predicted molar refractivity (Wildman–Crippen MR) is 69.7 cm³/mol. The van der Waals surface area contributed by atoms with Gasteiger partial charge in [-0.25, -0.2) is 4.98 Å². The minimum absolute atomic E-state index is 0.0190. The maximum Gasteiger partial charge on any atom is 0.387 e. The smallest absolute Gasteiger partial charge is 0.387 e. The van der Waals surface area contributed by atoms with E-state index in [1.807, 2.05) is 0 Å². The first-order valence-electron chi connectivity index (χ1n) is 6.27. The van der Waals surface area contributed by atoms with E-state index in [-0.39, 0.29) is 17.6 Å². The number of aromatic nitrogens is 1. The van der Waals surface area contributed by atoms with Crippen LogP contribution in [-0.4, -0.2) is 17.5 Å². The molecule has 0 aliphatic heterocycles. The van der Waals surface area contributed by atoms with Gasteiger partial charge in [-0.2, -0.15) is 8.78 Å². The normalized spacial score (nSPS) is 14.6. The molecule has 1 heterocycles. The van der Waals surface area contributed by atoms with E-state index in [2.05, 4.69) is 15.0 Å². The summed E-state index contributed by atoms with van der Waals surface area (Å²) in [7, 11) is 0. The molecule has 1 aromatic heterocycles. The lowest BCUT2D eigenvalue weighted by Crippen LogP contribution is -2.14. The Bertz CT molecular complexity index is 657. The fraction of sp³-hybridized carbons (Fsp3) is 0.286. The van der Waals surface area contributed by atoms with Crippen LogP contribution in [0.5, 0.6) is 5.75 Å². The molecule has 6 heteroatoms. The summed E-state index contributed by atoms with van der Waals surface area (Å²) >= 11 is 0. The second-order valence-electron chi connectivity index (χ2n) is 4.72. The zero-order chi connectivity index (χ0) is 14.1. The molecule has 0 atom stereocenters. The Morgan fingerprint density at radius 2 is 2.10 bits per heavy atom. The molecule has 0 radical (unpaired) electrons. The first-order chi connectivity index (χ1) is 9.61. The highest BCUT2D eigenvalue weighted by Crippen LogP contribution is 2.30. The van der Waals surface area contributed by atoms with Crippen LogP contribution >= 0.6 is 0 Å². The Hall–Kier alpha value is -2.24. The third kappa shape index (κ3) is 2.84. The number of carbonyl (C=O) groups is 1. The Labute approximate surface area is 113 Å². The number of amides is 1. The third-order valence-corrected chi connectivity index (χ3v) is 3.12. The third-order valence-electron chi connectivity index (χ3n) is 3.12. The van der Waals surface area contributed by atoms with Crippen molar-refractivity contribution in [2.75, 3.05) is 5.32 Å². The number of hydrogen-bond acceptors (Lipinski definition) is 3. The van der Waals surface area contributed by atoms with Crippen molar-refractivity contribution in [3.63, 3.8) is 0 Å². The molecule has 104 valence electrons. The molecule has 1 amide bonds. The quantitative estimate of drug-likeness (QED) is 0.934. The van der Waals surface area contributed by atoms with E-state index in [1.54, 1.807) is 12.1 Å². The number of alkyl halides is 2. The number of fused-ring (bicyclic) bond motifs is 1. The monoisotopic (exact) mass is 278 g/mol. The van der Waals surface area contributed by atoms with Crippen LogP contribution in [0, 0.1) is 5.92 Å². The summed E-state index contributed by atoms with van der Waals surface area (Å²) in [5.74, 6) is 0.643. The zero-order valence-corrected chi connectivity index (χ0v) is 10.5. The summed E-state index contributed by atoms with van der Waals surface area (Å²) in [6.45, 7) is -2.85. The number of halogens is 2. The van der Waals surface area contributed by atoms with Crippen molar-refractivity contribution in [3.05, 3.63) is 30.5 Å². The molecule has 1 fully saturated rings. The standard InChI is InChI=1S/C14H12F2N2O2/c15-14(16)20-11-4-3-9-6-12(17-7-10(9)5-11)18-13(19)8-1-2-8/h3-8,14H,1-2H2,(H,17,18,19). The number of benzene rings is 1. The maximum atomic E-state index is 12.1. The molecule has 20 heavy (non-hydrogen) atoms. The van der Waals surface area contributed by atoms with Gasteiger partial charge in [0.1, 0.15) is 11.6 Å². The van der Waals surface area contributed by atoms with Gasteiger partial charge in [-0.3, -0.25) is 4.79 Å². The number of anilines is 1. The topological polar surface area (TPSA) is 51.2 Å². The van der Waals surface area contributed by atoms with Gasteiger partial charge in [0.25, 0.3) is 0 Å². The molecule has 1 aliphatic carbocycles. The SMILES string of the molecule is O=C(Nc1cc2ccc(OC(F)F)cc2cn1)C1CC1. The van der Waals surface area contributed by atoms with Gasteiger partial charge in [-0.1, -0.05) is 6.07 Å². The second kappa shape index (κ2) is 5.03. The van der Waals surface area contributed by atoms with E-state index in [1.165, 1.54) is 18.3 Å². The predicted octanol–water partition coefficient (Wildman–Crippen LogP) is 3.18. The van der Waals surface area contributed by atoms with Gasteiger partial charge in [-0.15, -0.1) is 0 Å². The van der Waals surface area contributed by atoms with Gasteiger partial charge in [-0.05, 0) is 36.4 Å². The number of nitrogens with one attached hydrogen (secondary N) is 1. The number of hydrogen-bond donors (Lipinski definition) is 1. The molecule has 1 aliphatic rings. The van der Waals surface area contributed by atoms with Crippen LogP contribution in [-0.2, 0) is 4.79 Å². The molecular formula is C14H12F2N2O2. The molecule has 1 N–H and O–H groups in total. The van der Waals surface area contributed by atoms with E-state index >= 15 is 0 Å². The molecule has 0 bridgehead atoms. The Kier molecular flexibility index (Phi) is 3.22. The largest absolute Gasteiger partial charge is 0.435 e. The highest BCUT2D eigenvalue weighted by atomic mass is 19.3. The van der Waals surface area contributed by atoms with Gasteiger partial charge in [0.15, 0.2) is 0 Å². The van der Waals surface area contributed by atoms with E-state index in [4.69, 9.17) is 0 Å². The lowest BCUT2D eigenvalue weighted by Gasteiger charge is -2.07. The van der Waals surface area contributed by atoms with Crippen molar-refractivity contribution in [2.45, 2.75) is 19.5 Å². The maximum absolute atomic E-state index is 12.1. The van der Waals surface area contributed by atoms with Crippen molar-refractivity contribution >= 4 is 22.5 Å². The Morgan fingerprint density at radius 1 is 1.30 bits per heavy atom. The Balaban J connectivity index is 1.82. The van der Waals surface area contributed by atoms with Gasteiger partial charge in [0, 0.05) is 17.5 Å². The minimum Gasteiger partial charge on any atom is -0.435 e. The molecule has 0 saturated heterocycles. The fourth-order valence-electron chi connectivity index (χ4n) is 1.94. The lowest BCUT2D eigenvalue weighted by molar-refractivity contribution is -0.117. The van der Waals surface area contributed by atoms with Gasteiger partial charge in [0.2, 0.25) is 5.91 Å². The summed E-state index contributed by atoms with van der Waals surface area (Å²) in [6.07, 6.45) is 3.37. The van der Waals surface area contributed by atoms with Crippen molar-refractivity contribution < 1.29 is 18.3 Å². The summed E-state index contributed by atoms with van der Waals surface area (Å²) in [5.41, 5.74) is 0. The van der Waals surface area contributed by atoms with Crippen LogP contribution in [0.2, 0.25) is 0 Å². The summed E-state index contributed by atoms with van der Waals surface area (Å²) in [6, 6.07) is 6.31. The highest BCUT2D eigenvalue weighted by molar-refractivity contribution is 5.95. The van der Waals surface area contributed by atoms with Crippen LogP contribution in [0.1, 0.15) is 12.8 Å². The second-order valence-corrected chi connectivity index (χ2v) is 4.72. The summed E-state index contributed by atoms with van der Waals surface area (Å²) in [5, 5.41) is 4.21. The van der Waals surface area contributed by atoms with E-state index < -0.39 is 6.61 Å². The molecule has 3 rings (SSSR count). The van der Waals surface area contributed by atoms with Crippen LogP contribution in [0.3, 0.4) is 0 Å². The molecular weight excluding hydrogens is 266 g/mol. The van der Waals surface area contributed by atoms with Crippen molar-refractivity contribution in [2.24, 2.45) is 5.92 Å². The van der Waals surface area contributed by atoms with E-state index in [9.17, 15) is 13.6 Å². The van der Waals surface area contributed by atoms with E-state index in [0.717, 1.165) is 18.2 Å². The average molecular weight is 278 g/mol. The summed E-state index contributed by atoms with van der Waals surface area (Å²) in [4.78, 5) is 15.7. The molecule has 2 aromatic rings. The van der Waals surface area contributed by atoms with Gasteiger partial charge < -0.3 is 10.1 Å². The number of pyridine rings is 1. The zero-order valence-electron chi connectivity index (χ0n) is 10.5. The molecule has 1 saturated carbocycles. The van der Waals surface area contributed by atoms with Crippen molar-refractivity contribution in [3.8, 4) is 5.75 Å². The molecule has 0 spiro atoms. The van der Waals surface area contributed by atoms with Crippen LogP contribution in [0.4, 0.5) is 14.6 Å².